The van der Waals surface area contributed by atoms with Gasteiger partial charge in [0.15, 0.2) is 0 Å². The van der Waals surface area contributed by atoms with E-state index >= 15 is 0 Å². The van der Waals surface area contributed by atoms with Crippen molar-refractivity contribution in [2.75, 3.05) is 7.11 Å². The fraction of sp³-hybridized carbons (Fsp3) is 0.895. The molecule has 0 aromatic heterocycles. The summed E-state index contributed by atoms with van der Waals surface area (Å²) < 4.78 is 5.12. The van der Waals surface area contributed by atoms with E-state index in [1.807, 2.05) is 13.8 Å². The van der Waals surface area contributed by atoms with Crippen LogP contribution in [0.3, 0.4) is 0 Å². The Hall–Kier alpha value is -0.900. The molecule has 23 heavy (non-hydrogen) atoms. The van der Waals surface area contributed by atoms with Gasteiger partial charge in [0, 0.05) is 12.3 Å². The number of ether oxygens (including phenoxy) is 1. The van der Waals surface area contributed by atoms with Gasteiger partial charge in [-0.1, -0.05) is 20.3 Å². The number of carbonyl (C=O) groups excluding carboxylic acids is 2. The van der Waals surface area contributed by atoms with Gasteiger partial charge in [0.25, 0.3) is 0 Å². The van der Waals surface area contributed by atoms with Crippen LogP contribution in [0.15, 0.2) is 0 Å². The van der Waals surface area contributed by atoms with E-state index < -0.39 is 11.5 Å². The third-order valence-electron chi connectivity index (χ3n) is 7.56. The van der Waals surface area contributed by atoms with Crippen LogP contribution < -0.4 is 0 Å². The van der Waals surface area contributed by atoms with Crippen molar-refractivity contribution in [1.82, 2.24) is 0 Å². The first kappa shape index (κ1) is 16.9. The van der Waals surface area contributed by atoms with Crippen LogP contribution in [0.4, 0.5) is 0 Å². The van der Waals surface area contributed by atoms with Crippen LogP contribution in [0, 0.1) is 34.5 Å². The average Bonchev–Trinajstić information content (AvgIpc) is 2.51. The molecule has 7 atom stereocenters. The largest absolute Gasteiger partial charge is 0.469 e. The van der Waals surface area contributed by atoms with Gasteiger partial charge in [0.05, 0.1) is 18.6 Å². The second kappa shape index (κ2) is 5.58. The molecule has 3 aliphatic rings. The van der Waals surface area contributed by atoms with Gasteiger partial charge in [-0.05, 0) is 55.8 Å². The van der Waals surface area contributed by atoms with Gasteiger partial charge in [-0.25, -0.2) is 0 Å². The van der Waals surface area contributed by atoms with Gasteiger partial charge in [-0.3, -0.25) is 9.59 Å². The molecule has 0 amide bonds. The normalized spacial score (nSPS) is 50.0. The summed E-state index contributed by atoms with van der Waals surface area (Å²) in [5.74, 6) is 0.754. The molecule has 4 heteroatoms. The summed E-state index contributed by atoms with van der Waals surface area (Å²) >= 11 is 0. The summed E-state index contributed by atoms with van der Waals surface area (Å²) in [6.07, 6.45) is 4.43. The molecule has 3 saturated carbocycles. The zero-order valence-corrected chi connectivity index (χ0v) is 14.8. The Morgan fingerprint density at radius 1 is 1.26 bits per heavy atom. The van der Waals surface area contributed by atoms with Crippen molar-refractivity contribution in [2.45, 2.75) is 65.4 Å². The van der Waals surface area contributed by atoms with Gasteiger partial charge >= 0.3 is 5.97 Å². The predicted octanol–water partition coefficient (Wildman–Crippen LogP) is 2.97. The fourth-order valence-electron chi connectivity index (χ4n) is 6.20. The summed E-state index contributed by atoms with van der Waals surface area (Å²) in [5, 5.41) is 10.7. The van der Waals surface area contributed by atoms with Crippen molar-refractivity contribution in [3.63, 3.8) is 0 Å². The van der Waals surface area contributed by atoms with Crippen LogP contribution in [0.25, 0.3) is 0 Å². The summed E-state index contributed by atoms with van der Waals surface area (Å²) in [7, 11) is 1.46. The topological polar surface area (TPSA) is 63.6 Å². The van der Waals surface area contributed by atoms with Crippen molar-refractivity contribution in [2.24, 2.45) is 34.5 Å². The molecule has 0 aliphatic heterocycles. The summed E-state index contributed by atoms with van der Waals surface area (Å²) in [5.41, 5.74) is -0.502. The van der Waals surface area contributed by atoms with Crippen LogP contribution in [0.5, 0.6) is 0 Å². The third kappa shape index (κ3) is 2.36. The molecule has 0 heterocycles. The Morgan fingerprint density at radius 2 is 1.96 bits per heavy atom. The van der Waals surface area contributed by atoms with E-state index in [4.69, 9.17) is 4.74 Å². The van der Waals surface area contributed by atoms with E-state index in [1.54, 1.807) is 0 Å². The molecule has 3 fully saturated rings. The summed E-state index contributed by atoms with van der Waals surface area (Å²) in [6, 6.07) is 0. The quantitative estimate of drug-likeness (QED) is 0.754. The van der Waals surface area contributed by atoms with Gasteiger partial charge in [0.2, 0.25) is 0 Å². The first-order valence-corrected chi connectivity index (χ1v) is 9.03. The van der Waals surface area contributed by atoms with E-state index in [-0.39, 0.29) is 29.1 Å². The number of aliphatic hydroxyl groups is 1. The average molecular weight is 322 g/mol. The molecule has 0 bridgehead atoms. The monoisotopic (exact) mass is 322 g/mol. The van der Waals surface area contributed by atoms with Gasteiger partial charge in [0.1, 0.15) is 5.78 Å². The molecule has 1 N–H and O–H groups in total. The maximum absolute atomic E-state index is 12.5. The molecule has 4 nitrogen and oxygen atoms in total. The SMILES string of the molecule is COC(=O)[C@]1(C)CCC[C@@]2(C)[C@H]1C[C@@H](O)[C@@H]1CC(=O)[C@H](C)C[C@@H]12. The number of hydrogen-bond donors (Lipinski definition) is 1. The lowest BCUT2D eigenvalue weighted by Crippen LogP contribution is -2.60. The Labute approximate surface area is 139 Å². The minimum Gasteiger partial charge on any atom is -0.469 e. The smallest absolute Gasteiger partial charge is 0.311 e. The Kier molecular flexibility index (Phi) is 4.11. The molecule has 0 aromatic carbocycles. The minimum atomic E-state index is -0.515. The van der Waals surface area contributed by atoms with Crippen LogP contribution in [-0.2, 0) is 14.3 Å². The molecule has 3 aliphatic carbocycles. The van der Waals surface area contributed by atoms with Gasteiger partial charge in [-0.15, -0.1) is 0 Å². The molecule has 0 aromatic rings. The summed E-state index contributed by atoms with van der Waals surface area (Å²) in [6.45, 7) is 6.33. The number of esters is 1. The highest BCUT2D eigenvalue weighted by Gasteiger charge is 2.62. The third-order valence-corrected chi connectivity index (χ3v) is 7.56. The molecule has 3 rings (SSSR count). The number of methoxy groups -OCH3 is 1. The Balaban J connectivity index is 1.99. The van der Waals surface area contributed by atoms with E-state index in [0.29, 0.717) is 24.5 Å². The Bertz CT molecular complexity index is 515. The molecule has 0 saturated heterocycles. The highest BCUT2D eigenvalue weighted by atomic mass is 16.5. The number of rotatable bonds is 1. The van der Waals surface area contributed by atoms with Crippen LogP contribution in [-0.4, -0.2) is 30.1 Å². The maximum Gasteiger partial charge on any atom is 0.311 e. The van der Waals surface area contributed by atoms with Crippen molar-refractivity contribution in [3.8, 4) is 0 Å². The zero-order chi connectivity index (χ0) is 17.0. The lowest BCUT2D eigenvalue weighted by Gasteiger charge is -2.61. The van der Waals surface area contributed by atoms with Crippen LogP contribution in [0.1, 0.15) is 59.3 Å². The Morgan fingerprint density at radius 3 is 2.61 bits per heavy atom. The second-order valence-electron chi connectivity index (χ2n) is 8.70. The van der Waals surface area contributed by atoms with Crippen molar-refractivity contribution in [3.05, 3.63) is 0 Å². The number of Topliss-reactive ketones (excluding diaryl/α,β-unsaturated/α-hetero) is 1. The van der Waals surface area contributed by atoms with E-state index in [0.717, 1.165) is 25.7 Å². The number of ketones is 1. The number of aliphatic hydroxyl groups excluding tert-OH is 1. The number of fused-ring (bicyclic) bond motifs is 3. The van der Waals surface area contributed by atoms with Gasteiger partial charge in [-0.2, -0.15) is 0 Å². The van der Waals surface area contributed by atoms with Crippen molar-refractivity contribution in [1.29, 1.82) is 0 Å². The van der Waals surface area contributed by atoms with E-state index in [1.165, 1.54) is 7.11 Å². The lowest BCUT2D eigenvalue weighted by molar-refractivity contribution is -0.190. The highest BCUT2D eigenvalue weighted by molar-refractivity contribution is 5.82. The minimum absolute atomic E-state index is 0.0139. The van der Waals surface area contributed by atoms with Crippen molar-refractivity contribution >= 4 is 11.8 Å². The zero-order valence-electron chi connectivity index (χ0n) is 14.8. The molecule has 0 radical (unpaired) electrons. The summed E-state index contributed by atoms with van der Waals surface area (Å²) in [4.78, 5) is 24.7. The lowest BCUT2D eigenvalue weighted by atomic mass is 9.43. The van der Waals surface area contributed by atoms with Crippen molar-refractivity contribution < 1.29 is 19.4 Å². The first-order valence-electron chi connectivity index (χ1n) is 9.03. The van der Waals surface area contributed by atoms with Crippen LogP contribution >= 0.6 is 0 Å². The highest BCUT2D eigenvalue weighted by Crippen LogP contribution is 2.64. The number of hydrogen-bond acceptors (Lipinski definition) is 4. The molecule has 0 unspecified atom stereocenters. The molecular formula is C19H30O4. The first-order chi connectivity index (χ1) is 10.7. The maximum atomic E-state index is 12.5. The van der Waals surface area contributed by atoms with E-state index in [2.05, 4.69) is 6.92 Å². The van der Waals surface area contributed by atoms with Gasteiger partial charge < -0.3 is 9.84 Å². The standard InChI is InChI=1S/C19H30O4/c1-11-8-13-12(9-14(11)20)15(21)10-16-18(13,2)6-5-7-19(16,3)17(22)23-4/h11-13,15-16,21H,5-10H2,1-4H3/t11-,12-,13+,15-,16-,18-,19-/m1/s1. The number of carbonyl (C=O) groups is 2. The second-order valence-corrected chi connectivity index (χ2v) is 8.70. The fourth-order valence-corrected chi connectivity index (χ4v) is 6.20. The molecule has 130 valence electrons. The molecule has 0 spiro atoms. The predicted molar refractivity (Wildman–Crippen MR) is 86.6 cm³/mol. The molecular weight excluding hydrogens is 292 g/mol. The van der Waals surface area contributed by atoms with Crippen LogP contribution in [0.2, 0.25) is 0 Å². The van der Waals surface area contributed by atoms with E-state index in [9.17, 15) is 14.7 Å².